The number of hydrogen-bond acceptors (Lipinski definition) is 3. The third-order valence-corrected chi connectivity index (χ3v) is 3.71. The Labute approximate surface area is 115 Å². The molecule has 19 heavy (non-hydrogen) atoms. The molecule has 0 bridgehead atoms. The average molecular weight is 260 g/mol. The number of piperidine rings is 1. The standard InChI is InChI=1S/C15H22N3O/c1-14(2)9-13(10-15(3,4)18(14)19)17-11-12-5-7-16-8-6-12/h5-8,11,13H,9-10H2,1-4H3. The third kappa shape index (κ3) is 3.19. The fraction of sp³-hybridized carbons (Fsp3) is 0.600. The van der Waals surface area contributed by atoms with Crippen molar-refractivity contribution in [1.29, 1.82) is 0 Å². The first-order chi connectivity index (χ1) is 8.81. The molecule has 103 valence electrons. The van der Waals surface area contributed by atoms with Crippen LogP contribution in [0.25, 0.3) is 0 Å². The summed E-state index contributed by atoms with van der Waals surface area (Å²) in [6, 6.07) is 4.06. The molecule has 1 aliphatic heterocycles. The van der Waals surface area contributed by atoms with Crippen LogP contribution in [-0.2, 0) is 5.21 Å². The maximum atomic E-state index is 12.2. The van der Waals surface area contributed by atoms with Gasteiger partial charge in [-0.05, 0) is 58.2 Å². The summed E-state index contributed by atoms with van der Waals surface area (Å²) < 4.78 is 0. The smallest absolute Gasteiger partial charge is 0.0536 e. The molecule has 1 aromatic rings. The predicted molar refractivity (Wildman–Crippen MR) is 75.5 cm³/mol. The molecule has 0 aromatic carbocycles. The fourth-order valence-corrected chi connectivity index (χ4v) is 2.96. The number of aliphatic imine (C=N–C) groups is 1. The molecule has 1 radical (unpaired) electrons. The number of aromatic nitrogens is 1. The van der Waals surface area contributed by atoms with Crippen molar-refractivity contribution in [1.82, 2.24) is 10.0 Å². The zero-order valence-electron chi connectivity index (χ0n) is 12.1. The molecule has 1 aromatic heterocycles. The fourth-order valence-electron chi connectivity index (χ4n) is 2.96. The lowest BCUT2D eigenvalue weighted by Crippen LogP contribution is -2.59. The van der Waals surface area contributed by atoms with E-state index >= 15 is 0 Å². The van der Waals surface area contributed by atoms with E-state index in [1.54, 1.807) is 12.4 Å². The van der Waals surface area contributed by atoms with Crippen LogP contribution in [0.5, 0.6) is 0 Å². The lowest BCUT2D eigenvalue weighted by molar-refractivity contribution is -0.288. The van der Waals surface area contributed by atoms with Gasteiger partial charge in [-0.15, -0.1) is 10.3 Å². The van der Waals surface area contributed by atoms with E-state index in [1.807, 2.05) is 46.0 Å². The van der Waals surface area contributed by atoms with Gasteiger partial charge in [0.15, 0.2) is 0 Å². The Morgan fingerprint density at radius 1 is 1.21 bits per heavy atom. The summed E-state index contributed by atoms with van der Waals surface area (Å²) in [6.45, 7) is 7.98. The molecule has 0 aliphatic carbocycles. The lowest BCUT2D eigenvalue weighted by atomic mass is 9.79. The first-order valence-electron chi connectivity index (χ1n) is 6.72. The maximum absolute atomic E-state index is 12.2. The summed E-state index contributed by atoms with van der Waals surface area (Å²) in [7, 11) is 0. The zero-order valence-corrected chi connectivity index (χ0v) is 12.1. The summed E-state index contributed by atoms with van der Waals surface area (Å²) in [5.41, 5.74) is 0.333. The second kappa shape index (κ2) is 5.02. The quantitative estimate of drug-likeness (QED) is 0.768. The maximum Gasteiger partial charge on any atom is 0.0536 e. The normalized spacial score (nSPS) is 23.8. The van der Waals surface area contributed by atoms with Gasteiger partial charge in [-0.2, -0.15) is 0 Å². The van der Waals surface area contributed by atoms with Crippen LogP contribution in [0.1, 0.15) is 46.1 Å². The topological polar surface area (TPSA) is 48.4 Å². The molecular weight excluding hydrogens is 238 g/mol. The number of hydrogen-bond donors (Lipinski definition) is 0. The minimum absolute atomic E-state index is 0.198. The van der Waals surface area contributed by atoms with Gasteiger partial charge >= 0.3 is 0 Å². The molecular formula is C15H22N3O. The Hall–Kier alpha value is -1.26. The van der Waals surface area contributed by atoms with Crippen molar-refractivity contribution in [3.63, 3.8) is 0 Å². The second-order valence-corrected chi connectivity index (χ2v) is 6.54. The molecule has 1 fully saturated rings. The molecule has 4 nitrogen and oxygen atoms in total. The van der Waals surface area contributed by atoms with Crippen molar-refractivity contribution >= 4 is 6.21 Å². The van der Waals surface area contributed by atoms with Crippen LogP contribution in [-0.4, -0.2) is 33.4 Å². The van der Waals surface area contributed by atoms with Crippen molar-refractivity contribution in [2.45, 2.75) is 57.7 Å². The Morgan fingerprint density at radius 2 is 1.74 bits per heavy atom. The van der Waals surface area contributed by atoms with Gasteiger partial charge in [0.2, 0.25) is 0 Å². The minimum atomic E-state index is -0.359. The highest BCUT2D eigenvalue weighted by atomic mass is 16.5. The average Bonchev–Trinajstić information content (AvgIpc) is 2.34. The summed E-state index contributed by atoms with van der Waals surface area (Å²) in [5, 5.41) is 13.5. The first-order valence-corrected chi connectivity index (χ1v) is 6.72. The first kappa shape index (κ1) is 14.2. The summed E-state index contributed by atoms with van der Waals surface area (Å²) in [6.07, 6.45) is 6.99. The summed E-state index contributed by atoms with van der Waals surface area (Å²) in [4.78, 5) is 8.65. The molecule has 0 amide bonds. The lowest BCUT2D eigenvalue weighted by Gasteiger charge is -2.48. The van der Waals surface area contributed by atoms with Crippen molar-refractivity contribution in [2.24, 2.45) is 4.99 Å². The van der Waals surface area contributed by atoms with Gasteiger partial charge in [-0.25, -0.2) is 0 Å². The highest BCUT2D eigenvalue weighted by molar-refractivity contribution is 5.79. The third-order valence-electron chi connectivity index (χ3n) is 3.71. The van der Waals surface area contributed by atoms with E-state index in [-0.39, 0.29) is 17.1 Å². The minimum Gasteiger partial charge on any atom is -0.289 e. The second-order valence-electron chi connectivity index (χ2n) is 6.54. The Kier molecular flexibility index (Phi) is 3.74. The molecule has 0 saturated carbocycles. The van der Waals surface area contributed by atoms with Crippen LogP contribution in [0.15, 0.2) is 29.5 Å². The van der Waals surface area contributed by atoms with E-state index in [4.69, 9.17) is 0 Å². The molecule has 0 N–H and O–H groups in total. The van der Waals surface area contributed by atoms with Crippen LogP contribution in [0.4, 0.5) is 0 Å². The highest BCUT2D eigenvalue weighted by Crippen LogP contribution is 2.38. The number of hydroxylamine groups is 2. The van der Waals surface area contributed by atoms with Crippen molar-refractivity contribution in [3.8, 4) is 0 Å². The van der Waals surface area contributed by atoms with Gasteiger partial charge in [0.05, 0.1) is 6.04 Å². The van der Waals surface area contributed by atoms with E-state index in [9.17, 15) is 5.21 Å². The zero-order chi connectivity index (χ0) is 14.1. The van der Waals surface area contributed by atoms with Crippen molar-refractivity contribution in [2.75, 3.05) is 0 Å². The van der Waals surface area contributed by atoms with Crippen LogP contribution in [0, 0.1) is 0 Å². The number of rotatable bonds is 2. The summed E-state index contributed by atoms with van der Waals surface area (Å²) in [5.74, 6) is 0. The molecule has 0 atom stereocenters. The molecule has 4 heteroatoms. The van der Waals surface area contributed by atoms with Gasteiger partial charge in [0.1, 0.15) is 0 Å². The van der Waals surface area contributed by atoms with Gasteiger partial charge in [0, 0.05) is 29.7 Å². The SMILES string of the molecule is CC1(C)CC(N=Cc2ccncc2)CC(C)(C)N1[O]. The number of nitrogens with zero attached hydrogens (tertiary/aromatic N) is 3. The van der Waals surface area contributed by atoms with E-state index < -0.39 is 0 Å². The highest BCUT2D eigenvalue weighted by Gasteiger charge is 2.45. The Morgan fingerprint density at radius 3 is 2.26 bits per heavy atom. The Bertz CT molecular complexity index is 436. The van der Waals surface area contributed by atoms with E-state index in [1.165, 1.54) is 5.06 Å². The summed E-state index contributed by atoms with van der Waals surface area (Å²) >= 11 is 0. The van der Waals surface area contributed by atoms with E-state index in [0.29, 0.717) is 0 Å². The predicted octanol–water partition coefficient (Wildman–Crippen LogP) is 2.87. The van der Waals surface area contributed by atoms with Crippen LogP contribution < -0.4 is 0 Å². The van der Waals surface area contributed by atoms with Crippen molar-refractivity contribution < 1.29 is 5.21 Å². The molecule has 1 aliphatic rings. The number of pyridine rings is 1. The van der Waals surface area contributed by atoms with E-state index in [0.717, 1.165) is 18.4 Å². The van der Waals surface area contributed by atoms with Crippen LogP contribution in [0.2, 0.25) is 0 Å². The van der Waals surface area contributed by atoms with Crippen LogP contribution >= 0.6 is 0 Å². The van der Waals surface area contributed by atoms with Gasteiger partial charge in [0.25, 0.3) is 0 Å². The van der Waals surface area contributed by atoms with Gasteiger partial charge in [-0.3, -0.25) is 9.98 Å². The molecule has 0 unspecified atom stereocenters. The Balaban J connectivity index is 2.12. The molecule has 1 saturated heterocycles. The monoisotopic (exact) mass is 260 g/mol. The molecule has 2 rings (SSSR count). The van der Waals surface area contributed by atoms with Gasteiger partial charge in [-0.1, -0.05) is 0 Å². The van der Waals surface area contributed by atoms with E-state index in [2.05, 4.69) is 9.98 Å². The molecule has 0 spiro atoms. The van der Waals surface area contributed by atoms with Crippen LogP contribution in [0.3, 0.4) is 0 Å². The van der Waals surface area contributed by atoms with Crippen molar-refractivity contribution in [3.05, 3.63) is 30.1 Å². The van der Waals surface area contributed by atoms with Gasteiger partial charge < -0.3 is 0 Å². The largest absolute Gasteiger partial charge is 0.289 e. The molecule has 2 heterocycles.